The van der Waals surface area contributed by atoms with E-state index in [0.29, 0.717) is 0 Å². The SMILES string of the molecule is CCCc1cc(Oc2ccc(C3(c4ccc(Oc5ccc(N)c(CCC)c5)c(-c5ccccc5)c4)c4ccccc4-c4ccccc43)cc2-c2ccccc2)ccc1N. The van der Waals surface area contributed by atoms with Gasteiger partial charge in [-0.05, 0) is 129 Å². The number of benzene rings is 8. The molecule has 4 heteroatoms. The van der Waals surface area contributed by atoms with Crippen molar-refractivity contribution in [2.45, 2.75) is 44.9 Å². The Morgan fingerprint density at radius 2 is 0.814 bits per heavy atom. The number of fused-ring (bicyclic) bond motifs is 3. The Morgan fingerprint density at radius 1 is 0.407 bits per heavy atom. The van der Waals surface area contributed by atoms with Crippen LogP contribution in [0.5, 0.6) is 23.0 Å². The molecule has 1 aliphatic carbocycles. The van der Waals surface area contributed by atoms with Gasteiger partial charge in [0.25, 0.3) is 0 Å². The van der Waals surface area contributed by atoms with E-state index in [2.05, 4.69) is 172 Å². The van der Waals surface area contributed by atoms with E-state index in [-0.39, 0.29) is 0 Å². The van der Waals surface area contributed by atoms with E-state index in [1.165, 1.54) is 22.3 Å². The molecule has 0 unspecified atom stereocenters. The van der Waals surface area contributed by atoms with Gasteiger partial charge in [0.05, 0.1) is 5.41 Å². The second-order valence-electron chi connectivity index (χ2n) is 15.4. The van der Waals surface area contributed by atoms with Gasteiger partial charge in [0.15, 0.2) is 0 Å². The highest BCUT2D eigenvalue weighted by Gasteiger charge is 2.46. The number of hydrogen-bond acceptors (Lipinski definition) is 4. The van der Waals surface area contributed by atoms with Crippen molar-refractivity contribution in [1.29, 1.82) is 0 Å². The second kappa shape index (κ2) is 16.1. The lowest BCUT2D eigenvalue weighted by atomic mass is 9.67. The summed E-state index contributed by atoms with van der Waals surface area (Å²) in [6.07, 6.45) is 3.79. The summed E-state index contributed by atoms with van der Waals surface area (Å²) in [4.78, 5) is 0. The number of ether oxygens (including phenoxy) is 2. The molecule has 1 aliphatic rings. The van der Waals surface area contributed by atoms with E-state index in [9.17, 15) is 0 Å². The molecule has 0 saturated carbocycles. The van der Waals surface area contributed by atoms with Crippen molar-refractivity contribution < 1.29 is 9.47 Å². The molecule has 0 aliphatic heterocycles. The molecule has 0 saturated heterocycles. The second-order valence-corrected chi connectivity index (χ2v) is 15.4. The molecule has 0 heterocycles. The first-order chi connectivity index (χ1) is 29.0. The maximum absolute atomic E-state index is 6.80. The molecule has 0 amide bonds. The van der Waals surface area contributed by atoms with Gasteiger partial charge in [-0.3, -0.25) is 0 Å². The molecule has 4 N–H and O–H groups in total. The van der Waals surface area contributed by atoms with Crippen molar-refractivity contribution in [3.63, 3.8) is 0 Å². The van der Waals surface area contributed by atoms with Gasteiger partial charge in [0.2, 0.25) is 0 Å². The Balaban J connectivity index is 1.27. The number of rotatable bonds is 12. The van der Waals surface area contributed by atoms with E-state index < -0.39 is 5.41 Å². The van der Waals surface area contributed by atoms with Crippen LogP contribution in [-0.4, -0.2) is 0 Å². The van der Waals surface area contributed by atoms with Gasteiger partial charge in [-0.15, -0.1) is 0 Å². The molecule has 0 fully saturated rings. The van der Waals surface area contributed by atoms with Crippen LogP contribution in [-0.2, 0) is 18.3 Å². The Kier molecular flexibility index (Phi) is 10.2. The van der Waals surface area contributed by atoms with Crippen LogP contribution in [0.4, 0.5) is 11.4 Å². The highest BCUT2D eigenvalue weighted by atomic mass is 16.5. The molecular formula is C55H48N2O2. The average molecular weight is 769 g/mol. The summed E-state index contributed by atoms with van der Waals surface area (Å²) in [6.45, 7) is 4.33. The number of anilines is 2. The highest BCUT2D eigenvalue weighted by Crippen LogP contribution is 2.57. The van der Waals surface area contributed by atoms with Gasteiger partial charge >= 0.3 is 0 Å². The summed E-state index contributed by atoms with van der Waals surface area (Å²) in [6, 6.07) is 64.2. The van der Waals surface area contributed by atoms with Crippen molar-refractivity contribution in [2.75, 3.05) is 11.5 Å². The van der Waals surface area contributed by atoms with Crippen LogP contribution in [0.2, 0.25) is 0 Å². The minimum atomic E-state index is -0.678. The highest BCUT2D eigenvalue weighted by molar-refractivity contribution is 5.88. The van der Waals surface area contributed by atoms with Gasteiger partial charge < -0.3 is 20.9 Å². The Hall–Kier alpha value is -7.04. The van der Waals surface area contributed by atoms with E-state index in [4.69, 9.17) is 20.9 Å². The first kappa shape index (κ1) is 37.5. The van der Waals surface area contributed by atoms with Crippen LogP contribution in [0, 0.1) is 0 Å². The number of nitrogens with two attached hydrogens (primary N) is 2. The zero-order chi connectivity index (χ0) is 40.3. The quantitative estimate of drug-likeness (QED) is 0.121. The average Bonchev–Trinajstić information content (AvgIpc) is 3.58. The van der Waals surface area contributed by atoms with Crippen LogP contribution in [0.3, 0.4) is 0 Å². The summed E-state index contributed by atoms with van der Waals surface area (Å²) in [5.41, 5.74) is 27.2. The van der Waals surface area contributed by atoms with Crippen molar-refractivity contribution in [1.82, 2.24) is 0 Å². The third kappa shape index (κ3) is 6.91. The standard InChI is InChI=1S/C55H48N2O2/c1-3-15-39-33-43(27-29-51(39)56)58-53-31-25-41(35-47(53)37-17-7-5-8-18-37)55(49-23-13-11-21-45(49)46-22-12-14-24-50(46)55)42-26-32-54(48(36-42)38-19-9-6-10-20-38)59-44-28-30-52(57)40(34-44)16-4-2/h5-14,17-36H,3-4,15-16,56-57H2,1-2H3. The fraction of sp³-hybridized carbons (Fsp3) is 0.127. The molecule has 8 aromatic carbocycles. The predicted molar refractivity (Wildman–Crippen MR) is 244 cm³/mol. The molecule has 0 bridgehead atoms. The molecule has 8 aromatic rings. The fourth-order valence-electron chi connectivity index (χ4n) is 8.93. The molecule has 0 aromatic heterocycles. The van der Waals surface area contributed by atoms with E-state index >= 15 is 0 Å². The summed E-state index contributed by atoms with van der Waals surface area (Å²) >= 11 is 0. The smallest absolute Gasteiger partial charge is 0.135 e. The number of aryl methyl sites for hydroxylation is 2. The monoisotopic (exact) mass is 768 g/mol. The van der Waals surface area contributed by atoms with Gasteiger partial charge in [-0.1, -0.05) is 148 Å². The Morgan fingerprint density at radius 3 is 1.24 bits per heavy atom. The molecule has 0 spiro atoms. The number of hydrogen-bond donors (Lipinski definition) is 2. The van der Waals surface area contributed by atoms with Crippen molar-refractivity contribution in [2.24, 2.45) is 0 Å². The van der Waals surface area contributed by atoms with E-state index in [1.54, 1.807) is 0 Å². The van der Waals surface area contributed by atoms with Gasteiger partial charge in [0.1, 0.15) is 23.0 Å². The number of nitrogen functional groups attached to an aromatic ring is 2. The largest absolute Gasteiger partial charge is 0.457 e. The van der Waals surface area contributed by atoms with Crippen LogP contribution in [0.1, 0.15) is 60.1 Å². The molecule has 9 rings (SSSR count). The van der Waals surface area contributed by atoms with Gasteiger partial charge in [0, 0.05) is 22.5 Å². The molecule has 59 heavy (non-hydrogen) atoms. The van der Waals surface area contributed by atoms with Crippen molar-refractivity contribution in [3.8, 4) is 56.4 Å². The zero-order valence-corrected chi connectivity index (χ0v) is 33.6. The first-order valence-electron chi connectivity index (χ1n) is 20.7. The molecule has 290 valence electrons. The molecular weight excluding hydrogens is 721 g/mol. The third-order valence-electron chi connectivity index (χ3n) is 11.7. The molecule has 4 nitrogen and oxygen atoms in total. The topological polar surface area (TPSA) is 70.5 Å². The summed E-state index contributed by atoms with van der Waals surface area (Å²) < 4.78 is 13.6. The normalized spacial score (nSPS) is 12.4. The van der Waals surface area contributed by atoms with Gasteiger partial charge in [-0.2, -0.15) is 0 Å². The molecule has 0 radical (unpaired) electrons. The lowest BCUT2D eigenvalue weighted by molar-refractivity contribution is 0.483. The maximum Gasteiger partial charge on any atom is 0.135 e. The summed E-state index contributed by atoms with van der Waals surface area (Å²) in [5, 5.41) is 0. The van der Waals surface area contributed by atoms with E-state index in [1.807, 2.05) is 24.3 Å². The first-order valence-corrected chi connectivity index (χ1v) is 20.7. The summed E-state index contributed by atoms with van der Waals surface area (Å²) in [5.74, 6) is 3.10. The van der Waals surface area contributed by atoms with Crippen LogP contribution in [0.15, 0.2) is 182 Å². The third-order valence-corrected chi connectivity index (χ3v) is 11.7. The van der Waals surface area contributed by atoms with Crippen LogP contribution in [0.25, 0.3) is 33.4 Å². The summed E-state index contributed by atoms with van der Waals surface area (Å²) in [7, 11) is 0. The van der Waals surface area contributed by atoms with Gasteiger partial charge in [-0.25, -0.2) is 0 Å². The molecule has 0 atom stereocenters. The minimum absolute atomic E-state index is 0.678. The lowest BCUT2D eigenvalue weighted by Crippen LogP contribution is -2.28. The lowest BCUT2D eigenvalue weighted by Gasteiger charge is -2.35. The van der Waals surface area contributed by atoms with Crippen LogP contribution >= 0.6 is 0 Å². The van der Waals surface area contributed by atoms with Crippen molar-refractivity contribution >= 4 is 11.4 Å². The maximum atomic E-state index is 6.80. The van der Waals surface area contributed by atoms with Crippen molar-refractivity contribution in [3.05, 3.63) is 215 Å². The van der Waals surface area contributed by atoms with Crippen LogP contribution < -0.4 is 20.9 Å². The Bertz CT molecular complexity index is 2580. The van der Waals surface area contributed by atoms with E-state index in [0.717, 1.165) is 105 Å². The zero-order valence-electron chi connectivity index (χ0n) is 33.6. The fourth-order valence-corrected chi connectivity index (χ4v) is 8.93. The minimum Gasteiger partial charge on any atom is -0.457 e. The predicted octanol–water partition coefficient (Wildman–Crippen LogP) is 14.0. The Labute approximate surface area is 347 Å².